The summed E-state index contributed by atoms with van der Waals surface area (Å²) in [5.41, 5.74) is 3.34. The second-order valence-corrected chi connectivity index (χ2v) is 9.04. The van der Waals surface area contributed by atoms with Gasteiger partial charge in [-0.25, -0.2) is 0 Å². The summed E-state index contributed by atoms with van der Waals surface area (Å²) in [4.78, 5) is 29.2. The molecule has 0 unspecified atom stereocenters. The standard InChI is InChI=1S/C29H38N2O6/c1-5-34-23-17-19-14-16-31-27(22(19)18-24(23)35-6-2)26(20-11-9-10-12-21(20)29(31)33)28(32)30-15-13-25(36-7-3)37-8-4/h9-12,17-18,25-27H,5-8,13-16H2,1-4H3,(H,30,32)/t26-,27-/m0/s1. The molecule has 2 aliphatic rings. The van der Waals surface area contributed by atoms with Crippen LogP contribution in [0, 0.1) is 0 Å². The van der Waals surface area contributed by atoms with E-state index in [-0.39, 0.29) is 18.1 Å². The fourth-order valence-corrected chi connectivity index (χ4v) is 5.36. The smallest absolute Gasteiger partial charge is 0.254 e. The van der Waals surface area contributed by atoms with Crippen molar-refractivity contribution in [3.63, 3.8) is 0 Å². The maximum atomic E-state index is 13.8. The van der Waals surface area contributed by atoms with E-state index >= 15 is 0 Å². The van der Waals surface area contributed by atoms with Crippen molar-refractivity contribution in [2.24, 2.45) is 0 Å². The van der Waals surface area contributed by atoms with Crippen molar-refractivity contribution in [3.8, 4) is 11.5 Å². The third kappa shape index (κ3) is 5.60. The first-order valence-corrected chi connectivity index (χ1v) is 13.4. The highest BCUT2D eigenvalue weighted by Gasteiger charge is 2.46. The summed E-state index contributed by atoms with van der Waals surface area (Å²) >= 11 is 0. The third-order valence-electron chi connectivity index (χ3n) is 6.85. The van der Waals surface area contributed by atoms with Crippen LogP contribution in [0.4, 0.5) is 0 Å². The normalized spacial score (nSPS) is 18.2. The predicted molar refractivity (Wildman–Crippen MR) is 140 cm³/mol. The maximum Gasteiger partial charge on any atom is 0.254 e. The van der Waals surface area contributed by atoms with Crippen LogP contribution >= 0.6 is 0 Å². The molecule has 0 aromatic heterocycles. The topological polar surface area (TPSA) is 86.3 Å². The van der Waals surface area contributed by atoms with Gasteiger partial charge < -0.3 is 29.2 Å². The number of hydrogen-bond donors (Lipinski definition) is 1. The second kappa shape index (κ2) is 12.4. The Morgan fingerprint density at radius 2 is 1.65 bits per heavy atom. The van der Waals surface area contributed by atoms with Crippen LogP contribution in [-0.4, -0.2) is 62.5 Å². The predicted octanol–water partition coefficient (Wildman–Crippen LogP) is 4.23. The minimum absolute atomic E-state index is 0.0464. The number of carbonyl (C=O) groups is 2. The van der Waals surface area contributed by atoms with Crippen molar-refractivity contribution in [1.82, 2.24) is 10.2 Å². The van der Waals surface area contributed by atoms with Crippen molar-refractivity contribution in [2.45, 2.75) is 58.8 Å². The molecule has 0 aliphatic carbocycles. The lowest BCUT2D eigenvalue weighted by Gasteiger charge is -2.45. The van der Waals surface area contributed by atoms with E-state index in [2.05, 4.69) is 5.32 Å². The van der Waals surface area contributed by atoms with Crippen LogP contribution in [0.2, 0.25) is 0 Å². The van der Waals surface area contributed by atoms with Gasteiger partial charge in [0.2, 0.25) is 5.91 Å². The molecule has 8 heteroatoms. The van der Waals surface area contributed by atoms with Crippen LogP contribution in [0.1, 0.15) is 73.1 Å². The number of nitrogens with one attached hydrogen (secondary N) is 1. The largest absolute Gasteiger partial charge is 0.490 e. The molecule has 8 nitrogen and oxygen atoms in total. The third-order valence-corrected chi connectivity index (χ3v) is 6.85. The first kappa shape index (κ1) is 26.9. The van der Waals surface area contributed by atoms with Gasteiger partial charge in [0.1, 0.15) is 0 Å². The molecule has 2 amide bonds. The number of hydrogen-bond acceptors (Lipinski definition) is 6. The molecule has 2 aromatic carbocycles. The number of rotatable bonds is 12. The van der Waals surface area contributed by atoms with Gasteiger partial charge in [-0.2, -0.15) is 0 Å². The summed E-state index contributed by atoms with van der Waals surface area (Å²) in [5.74, 6) is 0.596. The van der Waals surface area contributed by atoms with Gasteiger partial charge in [-0.3, -0.25) is 9.59 Å². The molecule has 200 valence electrons. The van der Waals surface area contributed by atoms with Gasteiger partial charge in [-0.05, 0) is 69.0 Å². The van der Waals surface area contributed by atoms with Crippen LogP contribution in [0.15, 0.2) is 36.4 Å². The van der Waals surface area contributed by atoms with Gasteiger partial charge >= 0.3 is 0 Å². The van der Waals surface area contributed by atoms with Gasteiger partial charge in [0, 0.05) is 38.3 Å². The highest BCUT2D eigenvalue weighted by molar-refractivity contribution is 6.01. The van der Waals surface area contributed by atoms with Gasteiger partial charge in [-0.1, -0.05) is 18.2 Å². The van der Waals surface area contributed by atoms with Crippen molar-refractivity contribution in [3.05, 3.63) is 58.7 Å². The first-order valence-electron chi connectivity index (χ1n) is 13.4. The van der Waals surface area contributed by atoms with E-state index in [1.54, 1.807) is 0 Å². The molecular formula is C29H38N2O6. The number of amides is 2. The van der Waals surface area contributed by atoms with E-state index in [1.165, 1.54) is 0 Å². The number of benzene rings is 2. The van der Waals surface area contributed by atoms with Gasteiger partial charge in [0.05, 0.1) is 25.2 Å². The van der Waals surface area contributed by atoms with Crippen LogP contribution in [0.3, 0.4) is 0 Å². The minimum Gasteiger partial charge on any atom is -0.490 e. The lowest BCUT2D eigenvalue weighted by Crippen LogP contribution is -2.50. The summed E-state index contributed by atoms with van der Waals surface area (Å²) < 4.78 is 23.0. The summed E-state index contributed by atoms with van der Waals surface area (Å²) in [6.45, 7) is 10.7. The van der Waals surface area contributed by atoms with Crippen molar-refractivity contribution >= 4 is 11.8 Å². The summed E-state index contributed by atoms with van der Waals surface area (Å²) in [7, 11) is 0. The van der Waals surface area contributed by atoms with Crippen LogP contribution in [-0.2, 0) is 20.7 Å². The zero-order valence-corrected chi connectivity index (χ0v) is 22.2. The van der Waals surface area contributed by atoms with Crippen molar-refractivity contribution < 1.29 is 28.5 Å². The van der Waals surface area contributed by atoms with Crippen molar-refractivity contribution in [1.29, 1.82) is 0 Å². The average Bonchev–Trinajstić information content (AvgIpc) is 2.90. The summed E-state index contributed by atoms with van der Waals surface area (Å²) in [6, 6.07) is 11.0. The molecule has 0 saturated carbocycles. The second-order valence-electron chi connectivity index (χ2n) is 9.04. The van der Waals surface area contributed by atoms with E-state index in [1.807, 2.05) is 69.0 Å². The maximum absolute atomic E-state index is 13.8. The molecule has 0 radical (unpaired) electrons. The van der Waals surface area contributed by atoms with E-state index in [0.29, 0.717) is 69.4 Å². The highest BCUT2D eigenvalue weighted by atomic mass is 16.7. The molecule has 4 rings (SSSR count). The Bertz CT molecular complexity index is 1100. The van der Waals surface area contributed by atoms with E-state index in [4.69, 9.17) is 18.9 Å². The Hall–Kier alpha value is -3.10. The molecular weight excluding hydrogens is 472 g/mol. The molecule has 0 spiro atoms. The first-order chi connectivity index (χ1) is 18.0. The average molecular weight is 511 g/mol. The Labute approximate surface area is 219 Å². The zero-order chi connectivity index (χ0) is 26.4. The molecule has 0 bridgehead atoms. The van der Waals surface area contributed by atoms with Gasteiger partial charge in [-0.15, -0.1) is 0 Å². The number of carbonyl (C=O) groups excluding carboxylic acids is 2. The number of nitrogens with zero attached hydrogens (tertiary/aromatic N) is 1. The molecule has 2 aromatic rings. The quantitative estimate of drug-likeness (QED) is 0.430. The molecule has 2 aliphatic heterocycles. The van der Waals surface area contributed by atoms with Crippen LogP contribution in [0.5, 0.6) is 11.5 Å². The Balaban J connectivity index is 1.70. The molecule has 37 heavy (non-hydrogen) atoms. The monoisotopic (exact) mass is 510 g/mol. The zero-order valence-electron chi connectivity index (χ0n) is 22.2. The molecule has 1 N–H and O–H groups in total. The molecule has 0 saturated heterocycles. The number of ether oxygens (including phenoxy) is 4. The molecule has 0 fully saturated rings. The fourth-order valence-electron chi connectivity index (χ4n) is 5.36. The minimum atomic E-state index is -0.557. The Morgan fingerprint density at radius 1 is 0.973 bits per heavy atom. The molecule has 2 atom stereocenters. The molecule has 2 heterocycles. The fraction of sp³-hybridized carbons (Fsp3) is 0.517. The van der Waals surface area contributed by atoms with E-state index in [9.17, 15) is 9.59 Å². The summed E-state index contributed by atoms with van der Waals surface area (Å²) in [6.07, 6.45) is 0.858. The van der Waals surface area contributed by atoms with E-state index < -0.39 is 12.0 Å². The van der Waals surface area contributed by atoms with Gasteiger partial charge in [0.25, 0.3) is 5.91 Å². The lowest BCUT2D eigenvalue weighted by molar-refractivity contribution is -0.140. The lowest BCUT2D eigenvalue weighted by atomic mass is 9.75. The SMILES string of the molecule is CCOc1cc2c(cc1OCC)[C@H]1[C@@H](C(=O)NCCC(OCC)OCC)c3ccccc3C(=O)N1CC2. The number of fused-ring (bicyclic) bond motifs is 4. The van der Waals surface area contributed by atoms with Gasteiger partial charge in [0.15, 0.2) is 17.8 Å². The van der Waals surface area contributed by atoms with E-state index in [0.717, 1.165) is 16.7 Å². The van der Waals surface area contributed by atoms with Crippen LogP contribution in [0.25, 0.3) is 0 Å². The Kier molecular flexibility index (Phi) is 9.05. The van der Waals surface area contributed by atoms with Crippen molar-refractivity contribution in [2.75, 3.05) is 39.5 Å². The summed E-state index contributed by atoms with van der Waals surface area (Å²) in [5, 5.41) is 3.10. The van der Waals surface area contributed by atoms with Crippen LogP contribution < -0.4 is 14.8 Å². The highest BCUT2D eigenvalue weighted by Crippen LogP contribution is 2.48. The Morgan fingerprint density at radius 3 is 2.32 bits per heavy atom.